The van der Waals surface area contributed by atoms with Crippen LogP contribution in [0.25, 0.3) is 0 Å². The van der Waals surface area contributed by atoms with Crippen LogP contribution in [0, 0.1) is 0 Å². The van der Waals surface area contributed by atoms with Crippen molar-refractivity contribution < 1.29 is 4.79 Å². The number of ketones is 1. The van der Waals surface area contributed by atoms with Crippen LogP contribution in [-0.4, -0.2) is 15.9 Å². The van der Waals surface area contributed by atoms with E-state index in [1.807, 2.05) is 0 Å². The molecular formula is C9H6Br3ClO. The summed E-state index contributed by atoms with van der Waals surface area (Å²) in [6, 6.07) is 5.17. The van der Waals surface area contributed by atoms with Crippen LogP contribution in [0.3, 0.4) is 0 Å². The fourth-order valence-corrected chi connectivity index (χ4v) is 1.89. The minimum Gasteiger partial charge on any atom is -0.293 e. The minimum absolute atomic E-state index is 0.0243. The Hall–Kier alpha value is 0.620. The molecule has 0 radical (unpaired) electrons. The molecule has 0 spiro atoms. The van der Waals surface area contributed by atoms with Crippen LogP contribution in [0.1, 0.15) is 10.4 Å². The Morgan fingerprint density at radius 2 is 2.14 bits per heavy atom. The van der Waals surface area contributed by atoms with E-state index in [1.54, 1.807) is 18.2 Å². The molecule has 76 valence electrons. The van der Waals surface area contributed by atoms with Crippen molar-refractivity contribution in [3.05, 3.63) is 33.3 Å². The Balaban J connectivity index is 2.97. The number of alkyl halides is 2. The summed E-state index contributed by atoms with van der Waals surface area (Å²) in [6.45, 7) is 0. The van der Waals surface area contributed by atoms with Gasteiger partial charge in [0.25, 0.3) is 0 Å². The van der Waals surface area contributed by atoms with E-state index in [9.17, 15) is 4.79 Å². The summed E-state index contributed by atoms with van der Waals surface area (Å²) in [5.41, 5.74) is 0.611. The van der Waals surface area contributed by atoms with E-state index in [2.05, 4.69) is 47.8 Å². The zero-order valence-electron chi connectivity index (χ0n) is 6.94. The standard InChI is InChI=1S/C9H6Br3ClO/c10-4-7(12)9(14)5-1-2-6(11)8(13)3-5/h1-3,7H,4H2. The SMILES string of the molecule is O=C(c1ccc(Br)c(Cl)c1)C(Br)CBr. The first-order chi connectivity index (χ1) is 6.56. The summed E-state index contributed by atoms with van der Waals surface area (Å²) >= 11 is 15.7. The normalized spacial score (nSPS) is 12.6. The van der Waals surface area contributed by atoms with Gasteiger partial charge in [0.05, 0.1) is 9.85 Å². The van der Waals surface area contributed by atoms with Crippen LogP contribution in [-0.2, 0) is 0 Å². The van der Waals surface area contributed by atoms with Crippen molar-refractivity contribution in [3.63, 3.8) is 0 Å². The van der Waals surface area contributed by atoms with Crippen molar-refractivity contribution in [2.75, 3.05) is 5.33 Å². The molecular weight excluding hydrogens is 399 g/mol. The van der Waals surface area contributed by atoms with Crippen LogP contribution >= 0.6 is 59.4 Å². The van der Waals surface area contributed by atoms with Crippen LogP contribution < -0.4 is 0 Å². The molecule has 0 heterocycles. The molecule has 1 rings (SSSR count). The van der Waals surface area contributed by atoms with Gasteiger partial charge in [-0.25, -0.2) is 0 Å². The third kappa shape index (κ3) is 3.05. The van der Waals surface area contributed by atoms with Gasteiger partial charge >= 0.3 is 0 Å². The summed E-state index contributed by atoms with van der Waals surface area (Å²) in [5.74, 6) is 0.0243. The molecule has 1 nitrogen and oxygen atoms in total. The first kappa shape index (κ1) is 12.7. The molecule has 0 bridgehead atoms. The number of Topliss-reactive ketones (excluding diaryl/α,β-unsaturated/α-hetero) is 1. The number of carbonyl (C=O) groups is 1. The van der Waals surface area contributed by atoms with Gasteiger partial charge in [-0.3, -0.25) is 4.79 Å². The van der Waals surface area contributed by atoms with Gasteiger partial charge in [-0.15, -0.1) is 0 Å². The molecule has 0 fully saturated rings. The van der Waals surface area contributed by atoms with Gasteiger partial charge < -0.3 is 0 Å². The first-order valence-electron chi connectivity index (χ1n) is 3.75. The zero-order valence-corrected chi connectivity index (χ0v) is 12.5. The molecule has 1 aromatic rings. The van der Waals surface area contributed by atoms with Gasteiger partial charge in [0.15, 0.2) is 5.78 Å². The predicted molar refractivity (Wildman–Crippen MR) is 70.0 cm³/mol. The molecule has 5 heteroatoms. The maximum atomic E-state index is 11.7. The predicted octanol–water partition coefficient (Wildman–Crippen LogP) is 4.44. The molecule has 0 aromatic heterocycles. The van der Waals surface area contributed by atoms with Crippen LogP contribution in [0.15, 0.2) is 22.7 Å². The monoisotopic (exact) mass is 402 g/mol. The minimum atomic E-state index is -0.209. The fraction of sp³-hybridized carbons (Fsp3) is 0.222. The molecule has 0 saturated carbocycles. The molecule has 0 saturated heterocycles. The zero-order chi connectivity index (χ0) is 10.7. The van der Waals surface area contributed by atoms with Crippen molar-refractivity contribution in [3.8, 4) is 0 Å². The molecule has 0 aliphatic heterocycles. The van der Waals surface area contributed by atoms with Gasteiger partial charge in [0, 0.05) is 15.4 Å². The van der Waals surface area contributed by atoms with Crippen LogP contribution in [0.5, 0.6) is 0 Å². The first-order valence-corrected chi connectivity index (χ1v) is 6.96. The molecule has 0 aliphatic rings. The summed E-state index contributed by atoms with van der Waals surface area (Å²) in [4.78, 5) is 11.5. The van der Waals surface area contributed by atoms with Crippen LogP contribution in [0.2, 0.25) is 5.02 Å². The molecule has 1 aromatic carbocycles. The van der Waals surface area contributed by atoms with E-state index < -0.39 is 0 Å². The van der Waals surface area contributed by atoms with Crippen molar-refractivity contribution in [1.29, 1.82) is 0 Å². The lowest BCUT2D eigenvalue weighted by Gasteiger charge is -2.05. The molecule has 0 amide bonds. The topological polar surface area (TPSA) is 17.1 Å². The Bertz CT molecular complexity index is 354. The highest BCUT2D eigenvalue weighted by Crippen LogP contribution is 2.24. The summed E-state index contributed by atoms with van der Waals surface area (Å²) in [5, 5.41) is 1.13. The van der Waals surface area contributed by atoms with Crippen molar-refractivity contribution in [1.82, 2.24) is 0 Å². The summed E-state index contributed by atoms with van der Waals surface area (Å²) < 4.78 is 0.792. The average molecular weight is 405 g/mol. The molecule has 1 atom stereocenters. The highest BCUT2D eigenvalue weighted by molar-refractivity contribution is 9.12. The van der Waals surface area contributed by atoms with E-state index in [-0.39, 0.29) is 10.6 Å². The quantitative estimate of drug-likeness (QED) is 0.537. The van der Waals surface area contributed by atoms with Crippen molar-refractivity contribution >= 4 is 65.2 Å². The highest BCUT2D eigenvalue weighted by Gasteiger charge is 2.16. The Kier molecular flexibility index (Phi) is 5.11. The Labute approximate surface area is 113 Å². The van der Waals surface area contributed by atoms with Gasteiger partial charge in [-0.05, 0) is 28.1 Å². The second-order valence-corrected chi connectivity index (χ2v) is 5.63. The van der Waals surface area contributed by atoms with E-state index >= 15 is 0 Å². The molecule has 14 heavy (non-hydrogen) atoms. The van der Waals surface area contributed by atoms with Gasteiger partial charge in [0.2, 0.25) is 0 Å². The largest absolute Gasteiger partial charge is 0.293 e. The number of hydrogen-bond acceptors (Lipinski definition) is 1. The van der Waals surface area contributed by atoms with Gasteiger partial charge in [0.1, 0.15) is 0 Å². The lowest BCUT2D eigenvalue weighted by atomic mass is 10.1. The van der Waals surface area contributed by atoms with E-state index in [1.165, 1.54) is 0 Å². The van der Waals surface area contributed by atoms with Crippen molar-refractivity contribution in [2.45, 2.75) is 4.83 Å². The number of rotatable bonds is 3. The maximum absolute atomic E-state index is 11.7. The number of halogens is 4. The average Bonchev–Trinajstić information content (AvgIpc) is 2.20. The molecule has 0 N–H and O–H groups in total. The summed E-state index contributed by atoms with van der Waals surface area (Å²) in [7, 11) is 0. The number of hydrogen-bond donors (Lipinski definition) is 0. The Morgan fingerprint density at radius 1 is 1.50 bits per heavy atom. The van der Waals surface area contributed by atoms with E-state index in [0.29, 0.717) is 15.9 Å². The smallest absolute Gasteiger partial charge is 0.177 e. The maximum Gasteiger partial charge on any atom is 0.177 e. The number of benzene rings is 1. The second-order valence-electron chi connectivity index (χ2n) is 2.61. The Morgan fingerprint density at radius 3 is 2.64 bits per heavy atom. The highest BCUT2D eigenvalue weighted by atomic mass is 79.9. The summed E-state index contributed by atoms with van der Waals surface area (Å²) in [6.07, 6.45) is 0. The van der Waals surface area contributed by atoms with Crippen molar-refractivity contribution in [2.24, 2.45) is 0 Å². The van der Waals surface area contributed by atoms with E-state index in [4.69, 9.17) is 11.6 Å². The van der Waals surface area contributed by atoms with Crippen LogP contribution in [0.4, 0.5) is 0 Å². The lowest BCUT2D eigenvalue weighted by Crippen LogP contribution is -2.15. The molecule has 0 aliphatic carbocycles. The molecule has 1 unspecified atom stereocenters. The number of carbonyl (C=O) groups excluding carboxylic acids is 1. The lowest BCUT2D eigenvalue weighted by molar-refractivity contribution is 0.0997. The fourth-order valence-electron chi connectivity index (χ4n) is 0.900. The van der Waals surface area contributed by atoms with Gasteiger partial charge in [-0.1, -0.05) is 49.5 Å². The van der Waals surface area contributed by atoms with Gasteiger partial charge in [-0.2, -0.15) is 0 Å². The third-order valence-electron chi connectivity index (χ3n) is 1.62. The third-order valence-corrected chi connectivity index (χ3v) is 5.11. The van der Waals surface area contributed by atoms with E-state index in [0.717, 1.165) is 4.47 Å². The second kappa shape index (κ2) is 5.64.